The molecule has 5 heteroatoms. The molecule has 0 bridgehead atoms. The van der Waals surface area contributed by atoms with E-state index in [-0.39, 0.29) is 17.4 Å². The van der Waals surface area contributed by atoms with Gasteiger partial charge in [0.05, 0.1) is 22.4 Å². The Morgan fingerprint density at radius 2 is 1.41 bits per heavy atom. The van der Waals surface area contributed by atoms with Gasteiger partial charge in [-0.05, 0) is 73.0 Å². The number of rotatable bonds is 2. The number of nitrogens with zero attached hydrogens (tertiary/aromatic N) is 2. The van der Waals surface area contributed by atoms with Gasteiger partial charge in [0, 0.05) is 10.5 Å². The summed E-state index contributed by atoms with van der Waals surface area (Å²) in [5.41, 5.74) is 3.80. The van der Waals surface area contributed by atoms with Crippen LogP contribution in [0.2, 0.25) is 0 Å². The molecule has 166 valence electrons. The molecule has 0 fully saturated rings. The van der Waals surface area contributed by atoms with Crippen LogP contribution in [0.5, 0.6) is 0 Å². The molecule has 0 spiro atoms. The van der Waals surface area contributed by atoms with Crippen LogP contribution in [0.1, 0.15) is 45.7 Å². The Hall–Kier alpha value is -3.70. The molecule has 2 heterocycles. The predicted octanol–water partition coefficient (Wildman–Crippen LogP) is 6.51. The fourth-order valence-electron chi connectivity index (χ4n) is 4.81. The number of hydrogen-bond acceptors (Lipinski definition) is 4. The van der Waals surface area contributed by atoms with E-state index in [1.807, 2.05) is 24.3 Å². The molecular formula is C29H22N2O2S. The Bertz CT molecular complexity index is 1480. The van der Waals surface area contributed by atoms with Gasteiger partial charge in [-0.1, -0.05) is 60.3 Å². The molecule has 2 amide bonds. The molecule has 0 N–H and O–H groups in total. The predicted molar refractivity (Wildman–Crippen MR) is 138 cm³/mol. The summed E-state index contributed by atoms with van der Waals surface area (Å²) in [5, 5.41) is 3.51. The third-order valence-corrected chi connectivity index (χ3v) is 7.40. The molecule has 0 unspecified atom stereocenters. The van der Waals surface area contributed by atoms with E-state index in [4.69, 9.17) is 4.99 Å². The Kier molecular flexibility index (Phi) is 4.71. The van der Waals surface area contributed by atoms with Crippen molar-refractivity contribution in [2.45, 2.75) is 30.7 Å². The molecule has 6 rings (SSSR count). The lowest BCUT2D eigenvalue weighted by Crippen LogP contribution is -2.29. The van der Waals surface area contributed by atoms with Crippen LogP contribution < -0.4 is 4.90 Å². The van der Waals surface area contributed by atoms with Crippen LogP contribution in [0.4, 0.5) is 5.69 Å². The topological polar surface area (TPSA) is 49.7 Å². The summed E-state index contributed by atoms with van der Waals surface area (Å²) in [5.74, 6) is -0.555. The Morgan fingerprint density at radius 3 is 2.12 bits per heavy atom. The molecule has 4 nitrogen and oxygen atoms in total. The smallest absolute Gasteiger partial charge is 0.266 e. The fraction of sp³-hybridized carbons (Fsp3) is 0.138. The van der Waals surface area contributed by atoms with E-state index in [0.29, 0.717) is 16.8 Å². The molecular weight excluding hydrogens is 440 g/mol. The molecule has 0 saturated heterocycles. The SMILES string of the molecule is CC1(C)Cc2c(ccc3ccccc23)C(Sc2ccc(N3C(=O)c4ccccc4C3=O)cc2)=N1. The highest BCUT2D eigenvalue weighted by Crippen LogP contribution is 2.38. The van der Waals surface area contributed by atoms with E-state index in [9.17, 15) is 9.59 Å². The first-order valence-electron chi connectivity index (χ1n) is 11.3. The van der Waals surface area contributed by atoms with Crippen molar-refractivity contribution >= 4 is 45.1 Å². The minimum Gasteiger partial charge on any atom is -0.271 e. The highest BCUT2D eigenvalue weighted by Gasteiger charge is 2.36. The second kappa shape index (κ2) is 7.67. The lowest BCUT2D eigenvalue weighted by Gasteiger charge is -2.29. The van der Waals surface area contributed by atoms with Gasteiger partial charge in [0.1, 0.15) is 5.04 Å². The molecule has 34 heavy (non-hydrogen) atoms. The average molecular weight is 463 g/mol. The summed E-state index contributed by atoms with van der Waals surface area (Å²) in [4.78, 5) is 32.9. The summed E-state index contributed by atoms with van der Waals surface area (Å²) in [6, 6.07) is 27.4. The summed E-state index contributed by atoms with van der Waals surface area (Å²) in [6.07, 6.45) is 0.895. The van der Waals surface area contributed by atoms with E-state index < -0.39 is 0 Å². The van der Waals surface area contributed by atoms with Gasteiger partial charge in [-0.15, -0.1) is 0 Å². The van der Waals surface area contributed by atoms with Crippen LogP contribution in [-0.2, 0) is 6.42 Å². The zero-order valence-corrected chi connectivity index (χ0v) is 19.7. The van der Waals surface area contributed by atoms with E-state index in [1.165, 1.54) is 26.8 Å². The van der Waals surface area contributed by atoms with Crippen LogP contribution in [-0.4, -0.2) is 22.4 Å². The number of amides is 2. The maximum Gasteiger partial charge on any atom is 0.266 e. The summed E-state index contributed by atoms with van der Waals surface area (Å²) < 4.78 is 0. The van der Waals surface area contributed by atoms with E-state index in [2.05, 4.69) is 50.2 Å². The van der Waals surface area contributed by atoms with Gasteiger partial charge in [0.15, 0.2) is 0 Å². The highest BCUT2D eigenvalue weighted by molar-refractivity contribution is 8.14. The van der Waals surface area contributed by atoms with Crippen LogP contribution in [0.25, 0.3) is 10.8 Å². The molecule has 4 aromatic rings. The molecule has 0 atom stereocenters. The Morgan fingerprint density at radius 1 is 0.765 bits per heavy atom. The lowest BCUT2D eigenvalue weighted by molar-refractivity contribution is 0.0926. The van der Waals surface area contributed by atoms with Crippen molar-refractivity contribution in [3.8, 4) is 0 Å². The number of aliphatic imine (C=N–C) groups is 1. The second-order valence-electron chi connectivity index (χ2n) is 9.31. The normalized spacial score (nSPS) is 16.4. The standard InChI is InChI=1S/C29H22N2O2S/c1-29(2)17-25-21-8-4-3-7-18(21)11-16-22(25)26(30-29)34-20-14-12-19(13-15-20)31-27(32)23-9-5-6-10-24(23)28(31)33/h3-16H,17H2,1-2H3. The molecule has 2 aliphatic heterocycles. The summed E-state index contributed by atoms with van der Waals surface area (Å²) in [7, 11) is 0. The van der Waals surface area contributed by atoms with Gasteiger partial charge < -0.3 is 0 Å². The second-order valence-corrected chi connectivity index (χ2v) is 10.4. The summed E-state index contributed by atoms with van der Waals surface area (Å²) in [6.45, 7) is 4.34. The molecule has 4 aromatic carbocycles. The molecule has 0 radical (unpaired) electrons. The number of carbonyl (C=O) groups is 2. The van der Waals surface area contributed by atoms with Crippen LogP contribution in [0, 0.1) is 0 Å². The van der Waals surface area contributed by atoms with Gasteiger partial charge in [0.25, 0.3) is 11.8 Å². The number of benzene rings is 4. The largest absolute Gasteiger partial charge is 0.271 e. The van der Waals surface area contributed by atoms with E-state index in [1.54, 1.807) is 36.0 Å². The van der Waals surface area contributed by atoms with Crippen LogP contribution in [0.15, 0.2) is 94.8 Å². The minimum atomic E-state index is -0.278. The zero-order valence-electron chi connectivity index (χ0n) is 18.9. The van der Waals surface area contributed by atoms with Crippen molar-refractivity contribution in [1.82, 2.24) is 0 Å². The molecule has 0 aliphatic carbocycles. The van der Waals surface area contributed by atoms with Crippen molar-refractivity contribution in [1.29, 1.82) is 0 Å². The molecule has 0 aromatic heterocycles. The van der Waals surface area contributed by atoms with Gasteiger partial charge in [-0.25, -0.2) is 4.90 Å². The van der Waals surface area contributed by atoms with Gasteiger partial charge in [-0.2, -0.15) is 0 Å². The summed E-state index contributed by atoms with van der Waals surface area (Å²) >= 11 is 1.62. The van der Waals surface area contributed by atoms with Crippen molar-refractivity contribution in [2.24, 2.45) is 4.99 Å². The van der Waals surface area contributed by atoms with Crippen molar-refractivity contribution in [3.05, 3.63) is 107 Å². The minimum absolute atomic E-state index is 0.195. The van der Waals surface area contributed by atoms with E-state index >= 15 is 0 Å². The number of imide groups is 1. The van der Waals surface area contributed by atoms with Crippen molar-refractivity contribution < 1.29 is 9.59 Å². The Balaban J connectivity index is 1.32. The zero-order chi connectivity index (χ0) is 23.4. The first-order valence-corrected chi connectivity index (χ1v) is 12.1. The van der Waals surface area contributed by atoms with Gasteiger partial charge in [0.2, 0.25) is 0 Å². The van der Waals surface area contributed by atoms with E-state index in [0.717, 1.165) is 16.4 Å². The Labute approximate surface area is 202 Å². The van der Waals surface area contributed by atoms with Crippen molar-refractivity contribution in [2.75, 3.05) is 4.90 Å². The van der Waals surface area contributed by atoms with Crippen LogP contribution in [0.3, 0.4) is 0 Å². The van der Waals surface area contributed by atoms with Gasteiger partial charge >= 0.3 is 0 Å². The fourth-order valence-corrected chi connectivity index (χ4v) is 5.90. The van der Waals surface area contributed by atoms with Gasteiger partial charge in [-0.3, -0.25) is 14.6 Å². The first kappa shape index (κ1) is 20.9. The molecule has 0 saturated carbocycles. The quantitative estimate of drug-likeness (QED) is 0.319. The number of anilines is 1. The highest BCUT2D eigenvalue weighted by atomic mass is 32.2. The van der Waals surface area contributed by atoms with Crippen LogP contribution >= 0.6 is 11.8 Å². The third-order valence-electron chi connectivity index (χ3n) is 6.39. The number of fused-ring (bicyclic) bond motifs is 4. The third kappa shape index (κ3) is 3.35. The maximum absolute atomic E-state index is 12.8. The van der Waals surface area contributed by atoms with Crippen molar-refractivity contribution in [3.63, 3.8) is 0 Å². The average Bonchev–Trinajstić information content (AvgIpc) is 3.09. The molecule has 2 aliphatic rings. The lowest BCUT2D eigenvalue weighted by atomic mass is 9.86. The number of thioether (sulfide) groups is 1. The number of carbonyl (C=O) groups excluding carboxylic acids is 2. The first-order chi connectivity index (χ1) is 16.4. The number of hydrogen-bond donors (Lipinski definition) is 0. The maximum atomic E-state index is 12.8. The monoisotopic (exact) mass is 462 g/mol.